The van der Waals surface area contributed by atoms with Gasteiger partial charge in [-0.25, -0.2) is 0 Å². The number of ketones is 1. The SMILES string of the molecule is Cc1ccc(C2C(=O)C=CC2CO)c(C)c1. The van der Waals surface area contributed by atoms with E-state index in [9.17, 15) is 9.90 Å². The number of hydrogen-bond acceptors (Lipinski definition) is 2. The van der Waals surface area contributed by atoms with E-state index in [0.29, 0.717) is 0 Å². The molecule has 2 atom stereocenters. The van der Waals surface area contributed by atoms with Gasteiger partial charge >= 0.3 is 0 Å². The van der Waals surface area contributed by atoms with Crippen LogP contribution in [0.15, 0.2) is 30.4 Å². The topological polar surface area (TPSA) is 37.3 Å². The minimum Gasteiger partial charge on any atom is -0.396 e. The molecule has 2 heteroatoms. The Balaban J connectivity index is 2.40. The van der Waals surface area contributed by atoms with Crippen LogP contribution in [0.5, 0.6) is 0 Å². The minimum absolute atomic E-state index is 0.0280. The van der Waals surface area contributed by atoms with Crippen LogP contribution in [-0.2, 0) is 4.79 Å². The lowest BCUT2D eigenvalue weighted by Crippen LogP contribution is -2.17. The summed E-state index contributed by atoms with van der Waals surface area (Å²) in [6, 6.07) is 6.10. The Hall–Kier alpha value is -1.41. The van der Waals surface area contributed by atoms with Gasteiger partial charge in [-0.15, -0.1) is 0 Å². The zero-order chi connectivity index (χ0) is 11.7. The molecule has 0 aromatic heterocycles. The fourth-order valence-corrected chi connectivity index (χ4v) is 2.37. The van der Waals surface area contributed by atoms with Gasteiger partial charge in [0.25, 0.3) is 0 Å². The molecule has 1 aromatic carbocycles. The van der Waals surface area contributed by atoms with Gasteiger partial charge in [-0.05, 0) is 31.1 Å². The molecule has 1 aliphatic carbocycles. The van der Waals surface area contributed by atoms with Crippen molar-refractivity contribution < 1.29 is 9.90 Å². The van der Waals surface area contributed by atoms with Crippen LogP contribution in [0.2, 0.25) is 0 Å². The number of aliphatic hydroxyl groups excluding tert-OH is 1. The highest BCUT2D eigenvalue weighted by Gasteiger charge is 2.31. The Morgan fingerprint density at radius 3 is 2.69 bits per heavy atom. The summed E-state index contributed by atoms with van der Waals surface area (Å²) in [5.41, 5.74) is 3.36. The molecule has 2 rings (SSSR count). The predicted octanol–water partition coefficient (Wildman–Crippen LogP) is 2.13. The van der Waals surface area contributed by atoms with Gasteiger partial charge < -0.3 is 5.11 Å². The average Bonchev–Trinajstić information content (AvgIpc) is 2.60. The molecule has 1 aromatic rings. The molecule has 2 unspecified atom stereocenters. The van der Waals surface area contributed by atoms with Crippen LogP contribution in [0.25, 0.3) is 0 Å². The van der Waals surface area contributed by atoms with Crippen molar-refractivity contribution in [3.8, 4) is 0 Å². The lowest BCUT2D eigenvalue weighted by molar-refractivity contribution is -0.116. The van der Waals surface area contributed by atoms with Crippen LogP contribution in [0.1, 0.15) is 22.6 Å². The predicted molar refractivity (Wildman–Crippen MR) is 63.4 cm³/mol. The van der Waals surface area contributed by atoms with Gasteiger partial charge in [0.15, 0.2) is 5.78 Å². The van der Waals surface area contributed by atoms with E-state index in [2.05, 4.69) is 6.07 Å². The molecule has 1 N–H and O–H groups in total. The maximum absolute atomic E-state index is 11.8. The molecule has 0 spiro atoms. The van der Waals surface area contributed by atoms with Crippen molar-refractivity contribution >= 4 is 5.78 Å². The third-order valence-corrected chi connectivity index (χ3v) is 3.21. The summed E-state index contributed by atoms with van der Waals surface area (Å²) in [5, 5.41) is 9.26. The van der Waals surface area contributed by atoms with Crippen LogP contribution in [0.3, 0.4) is 0 Å². The van der Waals surface area contributed by atoms with Gasteiger partial charge in [-0.1, -0.05) is 29.8 Å². The molecule has 16 heavy (non-hydrogen) atoms. The van der Waals surface area contributed by atoms with E-state index in [1.807, 2.05) is 32.1 Å². The van der Waals surface area contributed by atoms with Crippen LogP contribution in [0.4, 0.5) is 0 Å². The number of aliphatic hydroxyl groups is 1. The monoisotopic (exact) mass is 216 g/mol. The largest absolute Gasteiger partial charge is 0.396 e. The number of hydrogen-bond donors (Lipinski definition) is 1. The zero-order valence-electron chi connectivity index (χ0n) is 9.60. The lowest BCUT2D eigenvalue weighted by Gasteiger charge is -2.18. The summed E-state index contributed by atoms with van der Waals surface area (Å²) in [5.74, 6) is -0.148. The minimum atomic E-state index is -0.189. The molecular weight excluding hydrogens is 200 g/mol. The van der Waals surface area contributed by atoms with Crippen molar-refractivity contribution in [3.63, 3.8) is 0 Å². The van der Waals surface area contributed by atoms with E-state index in [-0.39, 0.29) is 24.2 Å². The van der Waals surface area contributed by atoms with Crippen LogP contribution in [0, 0.1) is 19.8 Å². The Morgan fingerprint density at radius 2 is 2.06 bits per heavy atom. The highest BCUT2D eigenvalue weighted by atomic mass is 16.3. The van der Waals surface area contributed by atoms with Crippen molar-refractivity contribution in [2.45, 2.75) is 19.8 Å². The third kappa shape index (κ3) is 1.81. The molecule has 0 heterocycles. The van der Waals surface area contributed by atoms with Crippen molar-refractivity contribution in [1.82, 2.24) is 0 Å². The summed E-state index contributed by atoms with van der Waals surface area (Å²) >= 11 is 0. The first-order valence-electron chi connectivity index (χ1n) is 5.53. The van der Waals surface area contributed by atoms with E-state index in [1.165, 1.54) is 5.56 Å². The Bertz CT molecular complexity index is 446. The first kappa shape index (κ1) is 11.1. The zero-order valence-corrected chi connectivity index (χ0v) is 9.60. The summed E-state index contributed by atoms with van der Waals surface area (Å²) in [6.07, 6.45) is 3.40. The van der Waals surface area contributed by atoms with Crippen molar-refractivity contribution in [2.24, 2.45) is 5.92 Å². The number of rotatable bonds is 2. The molecule has 0 bridgehead atoms. The highest BCUT2D eigenvalue weighted by molar-refractivity contribution is 5.98. The molecule has 0 aliphatic heterocycles. The van der Waals surface area contributed by atoms with E-state index in [0.717, 1.165) is 11.1 Å². The third-order valence-electron chi connectivity index (χ3n) is 3.21. The number of benzene rings is 1. The smallest absolute Gasteiger partial charge is 0.163 e. The van der Waals surface area contributed by atoms with Crippen molar-refractivity contribution in [3.05, 3.63) is 47.0 Å². The Morgan fingerprint density at radius 1 is 1.31 bits per heavy atom. The van der Waals surface area contributed by atoms with Gasteiger partial charge in [-0.3, -0.25) is 4.79 Å². The first-order valence-corrected chi connectivity index (χ1v) is 5.53. The summed E-state index contributed by atoms with van der Waals surface area (Å²) in [6.45, 7) is 4.08. The van der Waals surface area contributed by atoms with Gasteiger partial charge in [0.05, 0.1) is 12.5 Å². The maximum Gasteiger partial charge on any atom is 0.163 e. The molecule has 0 fully saturated rings. The standard InChI is InChI=1S/C14H16O2/c1-9-3-5-12(10(2)7-9)14-11(8-15)4-6-13(14)16/h3-7,11,14-15H,8H2,1-2H3. The second-order valence-corrected chi connectivity index (χ2v) is 4.45. The van der Waals surface area contributed by atoms with Gasteiger partial charge in [0.1, 0.15) is 0 Å². The fourth-order valence-electron chi connectivity index (χ4n) is 2.37. The van der Waals surface area contributed by atoms with E-state index < -0.39 is 0 Å². The molecular formula is C14H16O2. The number of aryl methyl sites for hydroxylation is 2. The normalized spacial score (nSPS) is 24.1. The lowest BCUT2D eigenvalue weighted by atomic mass is 9.85. The highest BCUT2D eigenvalue weighted by Crippen LogP contribution is 2.33. The number of allylic oxidation sites excluding steroid dienone is 1. The first-order chi connectivity index (χ1) is 7.63. The summed E-state index contributed by atoms with van der Waals surface area (Å²) < 4.78 is 0. The second-order valence-electron chi connectivity index (χ2n) is 4.45. The Labute approximate surface area is 95.6 Å². The van der Waals surface area contributed by atoms with Gasteiger partial charge in [0, 0.05) is 5.92 Å². The molecule has 0 saturated carbocycles. The number of carbonyl (C=O) groups is 1. The number of carbonyl (C=O) groups excluding carboxylic acids is 1. The Kier molecular flexibility index (Phi) is 2.92. The molecule has 0 radical (unpaired) electrons. The van der Waals surface area contributed by atoms with Crippen LogP contribution >= 0.6 is 0 Å². The fraction of sp³-hybridized carbons (Fsp3) is 0.357. The second kappa shape index (κ2) is 4.22. The van der Waals surface area contributed by atoms with Crippen molar-refractivity contribution in [1.29, 1.82) is 0 Å². The molecule has 0 amide bonds. The molecule has 1 aliphatic rings. The van der Waals surface area contributed by atoms with Gasteiger partial charge in [0.2, 0.25) is 0 Å². The molecule has 84 valence electrons. The van der Waals surface area contributed by atoms with E-state index in [4.69, 9.17) is 0 Å². The summed E-state index contributed by atoms with van der Waals surface area (Å²) in [4.78, 5) is 11.8. The van der Waals surface area contributed by atoms with E-state index in [1.54, 1.807) is 6.08 Å². The van der Waals surface area contributed by atoms with Crippen molar-refractivity contribution in [2.75, 3.05) is 6.61 Å². The molecule has 0 saturated heterocycles. The quantitative estimate of drug-likeness (QED) is 0.822. The maximum atomic E-state index is 11.8. The van der Waals surface area contributed by atoms with Crippen LogP contribution in [-0.4, -0.2) is 17.5 Å². The van der Waals surface area contributed by atoms with E-state index >= 15 is 0 Å². The molecule has 2 nitrogen and oxygen atoms in total. The average molecular weight is 216 g/mol. The summed E-state index contributed by atoms with van der Waals surface area (Å²) in [7, 11) is 0. The van der Waals surface area contributed by atoms with Gasteiger partial charge in [-0.2, -0.15) is 0 Å². The van der Waals surface area contributed by atoms with Crippen LogP contribution < -0.4 is 0 Å².